The van der Waals surface area contributed by atoms with Gasteiger partial charge in [0.05, 0.1) is 0 Å². The smallest absolute Gasteiger partial charge is 0.272 e. The number of fused-ring (bicyclic) bond motifs is 1. The molecule has 3 aromatic carbocycles. The summed E-state index contributed by atoms with van der Waals surface area (Å²) in [6.45, 7) is 2.00. The Morgan fingerprint density at radius 3 is 2.53 bits per heavy atom. The van der Waals surface area contributed by atoms with E-state index in [9.17, 15) is 9.59 Å². The van der Waals surface area contributed by atoms with Crippen molar-refractivity contribution < 1.29 is 19.1 Å². The van der Waals surface area contributed by atoms with Crippen molar-refractivity contribution in [2.45, 2.75) is 6.92 Å². The zero-order valence-electron chi connectivity index (χ0n) is 16.9. The van der Waals surface area contributed by atoms with Crippen molar-refractivity contribution >= 4 is 51.1 Å². The summed E-state index contributed by atoms with van der Waals surface area (Å²) in [7, 11) is 0. The Morgan fingerprint density at radius 2 is 1.75 bits per heavy atom. The third-order valence-corrected chi connectivity index (χ3v) is 5.52. The fourth-order valence-corrected chi connectivity index (χ4v) is 3.48. The zero-order valence-corrected chi connectivity index (χ0v) is 19.3. The number of nitrogens with one attached hydrogen (secondary N) is 2. The van der Waals surface area contributed by atoms with Crippen LogP contribution in [0.25, 0.3) is 6.08 Å². The van der Waals surface area contributed by atoms with Gasteiger partial charge in [-0.1, -0.05) is 39.7 Å². The predicted molar refractivity (Wildman–Crippen MR) is 127 cm³/mol. The molecule has 32 heavy (non-hydrogen) atoms. The molecule has 1 aliphatic heterocycles. The first kappa shape index (κ1) is 21.9. The molecule has 0 spiro atoms. The number of ether oxygens (including phenoxy) is 2. The lowest BCUT2D eigenvalue weighted by molar-refractivity contribution is -0.113. The Hall–Kier alpha value is -3.29. The maximum atomic E-state index is 13.1. The van der Waals surface area contributed by atoms with Gasteiger partial charge >= 0.3 is 0 Å². The van der Waals surface area contributed by atoms with Crippen LogP contribution in [-0.4, -0.2) is 18.6 Å². The highest BCUT2D eigenvalue weighted by atomic mass is 79.9. The molecule has 0 atom stereocenters. The molecule has 0 saturated heterocycles. The molecular formula is C24H18BrClN2O4. The number of benzene rings is 3. The van der Waals surface area contributed by atoms with Gasteiger partial charge in [0.25, 0.3) is 11.8 Å². The summed E-state index contributed by atoms with van der Waals surface area (Å²) in [5, 5.41) is 6.02. The molecule has 0 radical (unpaired) electrons. The van der Waals surface area contributed by atoms with Crippen LogP contribution >= 0.6 is 27.5 Å². The van der Waals surface area contributed by atoms with E-state index in [0.717, 1.165) is 10.0 Å². The molecule has 6 nitrogen and oxygen atoms in total. The normalized spacial score (nSPS) is 12.4. The van der Waals surface area contributed by atoms with E-state index in [0.29, 0.717) is 33.3 Å². The van der Waals surface area contributed by atoms with E-state index in [1.54, 1.807) is 66.7 Å². The highest BCUT2D eigenvalue weighted by molar-refractivity contribution is 9.10. The SMILES string of the molecule is Cc1ccc(Cl)cc1NC(=O)C(=Cc1ccc2c(c1)OCO2)NC(=O)c1ccc(Br)cc1. The molecular weight excluding hydrogens is 496 g/mol. The van der Waals surface area contributed by atoms with Crippen LogP contribution in [0, 0.1) is 6.92 Å². The van der Waals surface area contributed by atoms with E-state index in [1.807, 2.05) is 6.92 Å². The third kappa shape index (κ3) is 5.12. The average Bonchev–Trinajstić information content (AvgIpc) is 3.24. The Balaban J connectivity index is 1.65. The Kier molecular flexibility index (Phi) is 6.48. The second kappa shape index (κ2) is 9.46. The number of carbonyl (C=O) groups excluding carboxylic acids is 2. The molecule has 0 unspecified atom stereocenters. The van der Waals surface area contributed by atoms with E-state index in [1.165, 1.54) is 0 Å². The first-order chi connectivity index (χ1) is 15.4. The van der Waals surface area contributed by atoms with Crippen molar-refractivity contribution in [2.24, 2.45) is 0 Å². The highest BCUT2D eigenvalue weighted by Crippen LogP contribution is 2.33. The van der Waals surface area contributed by atoms with Gasteiger partial charge in [-0.3, -0.25) is 9.59 Å². The van der Waals surface area contributed by atoms with Crippen LogP contribution in [0.4, 0.5) is 5.69 Å². The molecule has 0 bridgehead atoms. The summed E-state index contributed by atoms with van der Waals surface area (Å²) >= 11 is 9.42. The van der Waals surface area contributed by atoms with Crippen LogP contribution in [0.1, 0.15) is 21.5 Å². The minimum atomic E-state index is -0.488. The van der Waals surface area contributed by atoms with Crippen molar-refractivity contribution in [3.8, 4) is 11.5 Å². The molecule has 0 aromatic heterocycles. The number of aryl methyl sites for hydroxylation is 1. The first-order valence-electron chi connectivity index (χ1n) is 9.65. The minimum Gasteiger partial charge on any atom is -0.454 e. The van der Waals surface area contributed by atoms with Crippen molar-refractivity contribution in [1.82, 2.24) is 5.32 Å². The number of anilines is 1. The topological polar surface area (TPSA) is 76.7 Å². The lowest BCUT2D eigenvalue weighted by Gasteiger charge is -2.13. The van der Waals surface area contributed by atoms with Gasteiger partial charge in [-0.25, -0.2) is 0 Å². The van der Waals surface area contributed by atoms with Gasteiger partial charge < -0.3 is 20.1 Å². The van der Waals surface area contributed by atoms with Crippen molar-refractivity contribution in [2.75, 3.05) is 12.1 Å². The standard InChI is InChI=1S/C24H18BrClN2O4/c1-14-2-8-18(26)12-19(14)27-24(30)20(28-23(29)16-4-6-17(25)7-5-16)10-15-3-9-21-22(11-15)32-13-31-21/h2-12H,13H2,1H3,(H,27,30)(H,28,29). The number of halogens is 2. The number of rotatable bonds is 5. The van der Waals surface area contributed by atoms with Crippen LogP contribution in [0.2, 0.25) is 5.02 Å². The maximum absolute atomic E-state index is 13.1. The number of carbonyl (C=O) groups is 2. The lowest BCUT2D eigenvalue weighted by atomic mass is 10.1. The van der Waals surface area contributed by atoms with Gasteiger partial charge in [-0.2, -0.15) is 0 Å². The second-order valence-electron chi connectivity index (χ2n) is 7.05. The molecule has 3 aromatic rings. The molecule has 1 heterocycles. The van der Waals surface area contributed by atoms with Gasteiger partial charge in [-0.05, 0) is 72.7 Å². The molecule has 8 heteroatoms. The number of hydrogen-bond donors (Lipinski definition) is 2. The summed E-state index contributed by atoms with van der Waals surface area (Å²) < 4.78 is 11.6. The summed E-state index contributed by atoms with van der Waals surface area (Å²) in [6.07, 6.45) is 1.58. The number of amides is 2. The van der Waals surface area contributed by atoms with E-state index < -0.39 is 11.8 Å². The maximum Gasteiger partial charge on any atom is 0.272 e. The van der Waals surface area contributed by atoms with Crippen LogP contribution in [0.5, 0.6) is 11.5 Å². The van der Waals surface area contributed by atoms with Crippen molar-refractivity contribution in [1.29, 1.82) is 0 Å². The van der Waals surface area contributed by atoms with E-state index in [4.69, 9.17) is 21.1 Å². The van der Waals surface area contributed by atoms with Crippen LogP contribution in [0.3, 0.4) is 0 Å². The Morgan fingerprint density at radius 1 is 1.00 bits per heavy atom. The summed E-state index contributed by atoms with van der Waals surface area (Å²) in [5.41, 5.74) is 2.53. The third-order valence-electron chi connectivity index (χ3n) is 4.75. The van der Waals surface area contributed by atoms with Gasteiger partial charge in [0.1, 0.15) is 5.70 Å². The summed E-state index contributed by atoms with van der Waals surface area (Å²) in [5.74, 6) is 0.297. The van der Waals surface area contributed by atoms with E-state index in [2.05, 4.69) is 26.6 Å². The quantitative estimate of drug-likeness (QED) is 0.439. The number of hydrogen-bond acceptors (Lipinski definition) is 4. The largest absolute Gasteiger partial charge is 0.454 e. The van der Waals surface area contributed by atoms with Gasteiger partial charge in [0.15, 0.2) is 11.5 Å². The minimum absolute atomic E-state index is 0.0659. The zero-order chi connectivity index (χ0) is 22.7. The van der Waals surface area contributed by atoms with Crippen LogP contribution < -0.4 is 20.1 Å². The highest BCUT2D eigenvalue weighted by Gasteiger charge is 2.18. The molecule has 1 aliphatic rings. The molecule has 162 valence electrons. The van der Waals surface area contributed by atoms with Gasteiger partial charge in [0, 0.05) is 20.7 Å². The molecule has 4 rings (SSSR count). The van der Waals surface area contributed by atoms with Crippen LogP contribution in [-0.2, 0) is 4.79 Å². The van der Waals surface area contributed by atoms with Crippen molar-refractivity contribution in [3.05, 3.63) is 92.5 Å². The van der Waals surface area contributed by atoms with Crippen LogP contribution in [0.15, 0.2) is 70.8 Å². The summed E-state index contributed by atoms with van der Waals surface area (Å²) in [6, 6.07) is 17.3. The molecule has 0 fully saturated rings. The molecule has 2 amide bonds. The molecule has 0 aliphatic carbocycles. The Labute approximate surface area is 198 Å². The second-order valence-corrected chi connectivity index (χ2v) is 8.40. The van der Waals surface area contributed by atoms with E-state index in [-0.39, 0.29) is 12.5 Å². The van der Waals surface area contributed by atoms with Gasteiger partial charge in [0.2, 0.25) is 6.79 Å². The fourth-order valence-electron chi connectivity index (χ4n) is 3.04. The first-order valence-corrected chi connectivity index (χ1v) is 10.8. The van der Waals surface area contributed by atoms with Gasteiger partial charge in [-0.15, -0.1) is 0 Å². The van der Waals surface area contributed by atoms with E-state index >= 15 is 0 Å². The predicted octanol–water partition coefficient (Wildman–Crippen LogP) is 5.55. The monoisotopic (exact) mass is 512 g/mol. The Bertz CT molecular complexity index is 1230. The van der Waals surface area contributed by atoms with Crippen molar-refractivity contribution in [3.63, 3.8) is 0 Å². The molecule has 0 saturated carbocycles. The average molecular weight is 514 g/mol. The summed E-state index contributed by atoms with van der Waals surface area (Å²) in [4.78, 5) is 25.9. The molecule has 2 N–H and O–H groups in total. The fraction of sp³-hybridized carbons (Fsp3) is 0.0833. The lowest BCUT2D eigenvalue weighted by Crippen LogP contribution is -2.30.